The normalized spacial score (nSPS) is 25.5. The molecular formula is C40H45F3N8O4S. The Morgan fingerprint density at radius 2 is 1.98 bits per heavy atom. The Kier molecular flexibility index (Phi) is 9.50. The summed E-state index contributed by atoms with van der Waals surface area (Å²) >= 11 is 0.922. The van der Waals surface area contributed by atoms with E-state index in [4.69, 9.17) is 29.9 Å². The van der Waals surface area contributed by atoms with Gasteiger partial charge in [-0.2, -0.15) is 15.2 Å². The minimum absolute atomic E-state index is 0.00568. The number of alkyl halides is 1. The van der Waals surface area contributed by atoms with Crippen molar-refractivity contribution < 1.29 is 32.2 Å². The Hall–Kier alpha value is -4.30. The first-order valence-electron chi connectivity index (χ1n) is 19.6. The summed E-state index contributed by atoms with van der Waals surface area (Å²) in [6, 6.07) is 2.07. The molecule has 4 aromatic rings. The number of carbonyl (C=O) groups excluding carboxylic acids is 1. The van der Waals surface area contributed by atoms with Crippen molar-refractivity contribution in [2.75, 3.05) is 56.5 Å². The van der Waals surface area contributed by atoms with Crippen LogP contribution in [0.25, 0.3) is 32.2 Å². The number of anilines is 2. The molecule has 3 aromatic heterocycles. The van der Waals surface area contributed by atoms with Gasteiger partial charge in [0.15, 0.2) is 11.6 Å². The average Bonchev–Trinajstić information content (AvgIpc) is 3.97. The lowest BCUT2D eigenvalue weighted by Gasteiger charge is -2.34. The molecule has 4 saturated heterocycles. The van der Waals surface area contributed by atoms with Crippen molar-refractivity contribution in [1.82, 2.24) is 24.8 Å². The highest BCUT2D eigenvalue weighted by Gasteiger charge is 2.49. The first-order chi connectivity index (χ1) is 26.9. The van der Waals surface area contributed by atoms with Gasteiger partial charge in [0.2, 0.25) is 0 Å². The Morgan fingerprint density at radius 1 is 1.16 bits per heavy atom. The number of hydrogen-bond acceptors (Lipinski definition) is 13. The number of benzene rings is 1. The first-order valence-corrected chi connectivity index (χ1v) is 20.4. The smallest absolute Gasteiger partial charge is 0.319 e. The summed E-state index contributed by atoms with van der Waals surface area (Å²) in [6.45, 7) is 9.91. The second-order valence-electron chi connectivity index (χ2n) is 16.5. The number of nitrogens with two attached hydrogens (primary N) is 1. The van der Waals surface area contributed by atoms with E-state index >= 15 is 8.78 Å². The molecule has 5 atom stereocenters. The molecule has 12 nitrogen and oxygen atoms in total. The number of likely N-dealkylation sites (tertiary alicyclic amines) is 1. The minimum atomic E-state index is -0.952. The maximum atomic E-state index is 17.7. The van der Waals surface area contributed by atoms with Crippen LogP contribution in [0.4, 0.5) is 24.0 Å². The third kappa shape index (κ3) is 6.22. The summed E-state index contributed by atoms with van der Waals surface area (Å²) in [5, 5.41) is 10.8. The number of nitriles is 1. The third-order valence-corrected chi connectivity index (χ3v) is 13.5. The number of carbonyl (C=O) groups is 1. The molecule has 0 aliphatic carbocycles. The zero-order chi connectivity index (χ0) is 39.0. The highest BCUT2D eigenvalue weighted by Crippen LogP contribution is 2.48. The molecule has 0 saturated carbocycles. The van der Waals surface area contributed by atoms with Crippen molar-refractivity contribution in [3.8, 4) is 23.3 Å². The monoisotopic (exact) mass is 790 g/mol. The van der Waals surface area contributed by atoms with Crippen LogP contribution in [0, 0.1) is 34.8 Å². The van der Waals surface area contributed by atoms with Crippen molar-refractivity contribution in [3.05, 3.63) is 34.5 Å². The van der Waals surface area contributed by atoms with Gasteiger partial charge in [-0.3, -0.25) is 19.6 Å². The Bertz CT molecular complexity index is 2280. The predicted molar refractivity (Wildman–Crippen MR) is 205 cm³/mol. The van der Waals surface area contributed by atoms with Crippen molar-refractivity contribution in [1.29, 1.82) is 5.26 Å². The zero-order valence-corrected chi connectivity index (χ0v) is 32.6. The quantitative estimate of drug-likeness (QED) is 0.196. The molecule has 296 valence electrons. The number of hydrogen-bond donors (Lipinski definition) is 1. The lowest BCUT2D eigenvalue weighted by molar-refractivity contribution is -0.152. The van der Waals surface area contributed by atoms with Crippen molar-refractivity contribution >= 4 is 49.1 Å². The van der Waals surface area contributed by atoms with E-state index in [1.54, 1.807) is 0 Å². The van der Waals surface area contributed by atoms with E-state index in [-0.39, 0.29) is 87.3 Å². The zero-order valence-electron chi connectivity index (χ0n) is 31.7. The number of nitrogen functional groups attached to an aromatic ring is 1. The van der Waals surface area contributed by atoms with Gasteiger partial charge in [0, 0.05) is 49.6 Å². The number of esters is 1. The SMILES string of the molecule is CC(C)C(=O)O[C@H](C)CN1CCC2CC(C1)N(c1nc(OC[C@@]34CCCN3C[C@H](F)C4)nc3c(F)c(-c4ncc(F)c5sc(N)c(C#N)c45)c4c(c13)COC4)C2. The standard InChI is InChI=1S/C40H45F3N8O4S/c1-20(2)38(52)55-21(3)13-49-8-5-22-9-24(16-49)51(14-22)37-31-27-18-53-17-26(27)29(33-30-25(11-44)36(45)56-35(30)28(42)12-46-33)32(43)34(31)47-39(48-37)54-19-40-6-4-7-50(40)15-23(41)10-40/h12,20-24H,4-10,13-19,45H2,1-3H3/t21-,22?,23-,24?,40+/m1/s1. The van der Waals surface area contributed by atoms with Crippen LogP contribution in [0.5, 0.6) is 6.01 Å². The molecule has 8 heterocycles. The van der Waals surface area contributed by atoms with Gasteiger partial charge in [0.05, 0.1) is 52.2 Å². The van der Waals surface area contributed by atoms with Crippen molar-refractivity contribution in [2.24, 2.45) is 11.8 Å². The summed E-state index contributed by atoms with van der Waals surface area (Å²) in [4.78, 5) is 33.3. The van der Waals surface area contributed by atoms with Crippen molar-refractivity contribution in [3.63, 3.8) is 0 Å². The minimum Gasteiger partial charge on any atom is -0.461 e. The lowest BCUT2D eigenvalue weighted by Crippen LogP contribution is -2.45. The molecule has 0 spiro atoms. The fraction of sp³-hybridized carbons (Fsp3) is 0.575. The molecule has 2 unspecified atom stereocenters. The number of nitrogens with zero attached hydrogens (tertiary/aromatic N) is 7. The topological polar surface area (TPSA) is 143 Å². The van der Waals surface area contributed by atoms with Crippen LogP contribution in [0.1, 0.15) is 69.6 Å². The van der Waals surface area contributed by atoms with Crippen LogP contribution in [-0.4, -0.2) is 100 Å². The Labute approximate surface area is 326 Å². The van der Waals surface area contributed by atoms with E-state index in [0.29, 0.717) is 60.8 Å². The Balaban J connectivity index is 1.17. The highest BCUT2D eigenvalue weighted by molar-refractivity contribution is 7.23. The fourth-order valence-corrected chi connectivity index (χ4v) is 10.8. The molecule has 0 amide bonds. The number of ether oxygens (including phenoxy) is 3. The molecule has 2 N–H and O–H groups in total. The van der Waals surface area contributed by atoms with E-state index in [1.807, 2.05) is 20.8 Å². The van der Waals surface area contributed by atoms with Gasteiger partial charge in [-0.15, -0.1) is 11.3 Å². The third-order valence-electron chi connectivity index (χ3n) is 12.4. The number of pyridine rings is 1. The molecular weight excluding hydrogens is 746 g/mol. The van der Waals surface area contributed by atoms with Crippen LogP contribution in [0.3, 0.4) is 0 Å². The largest absolute Gasteiger partial charge is 0.461 e. The number of fused-ring (bicyclic) bond motifs is 7. The maximum Gasteiger partial charge on any atom is 0.319 e. The molecule has 2 bridgehead atoms. The van der Waals surface area contributed by atoms with Gasteiger partial charge in [-0.25, -0.2) is 13.2 Å². The molecule has 0 radical (unpaired) electrons. The summed E-state index contributed by atoms with van der Waals surface area (Å²) in [5.41, 5.74) is 7.12. The number of halogens is 3. The van der Waals surface area contributed by atoms with Gasteiger partial charge in [0.1, 0.15) is 41.3 Å². The maximum absolute atomic E-state index is 17.7. The molecule has 1 aromatic carbocycles. The summed E-state index contributed by atoms with van der Waals surface area (Å²) in [6.07, 6.45) is 3.69. The molecule has 56 heavy (non-hydrogen) atoms. The van der Waals surface area contributed by atoms with Crippen LogP contribution in [-0.2, 0) is 27.5 Å². The molecule has 5 aliphatic heterocycles. The van der Waals surface area contributed by atoms with Gasteiger partial charge < -0.3 is 24.8 Å². The van der Waals surface area contributed by atoms with E-state index in [2.05, 4.69) is 25.8 Å². The molecule has 4 fully saturated rings. The average molecular weight is 791 g/mol. The van der Waals surface area contributed by atoms with E-state index in [9.17, 15) is 14.4 Å². The molecule has 9 rings (SSSR count). The highest BCUT2D eigenvalue weighted by atomic mass is 32.1. The van der Waals surface area contributed by atoms with Crippen LogP contribution in [0.15, 0.2) is 6.20 Å². The molecule has 5 aliphatic rings. The van der Waals surface area contributed by atoms with E-state index in [1.165, 1.54) is 0 Å². The lowest BCUT2D eigenvalue weighted by atomic mass is 9.93. The summed E-state index contributed by atoms with van der Waals surface area (Å²) in [5.74, 6) is -0.924. The number of thiophene rings is 1. The predicted octanol–water partition coefficient (Wildman–Crippen LogP) is 6.11. The van der Waals surface area contributed by atoms with Gasteiger partial charge in [-0.05, 0) is 62.7 Å². The fourth-order valence-electron chi connectivity index (χ4n) is 9.86. The second-order valence-corrected chi connectivity index (χ2v) is 17.6. The Morgan fingerprint density at radius 3 is 2.79 bits per heavy atom. The number of rotatable bonds is 9. The number of aromatic nitrogens is 3. The summed E-state index contributed by atoms with van der Waals surface area (Å²) in [7, 11) is 0. The summed E-state index contributed by atoms with van der Waals surface area (Å²) < 4.78 is 65.8. The van der Waals surface area contributed by atoms with E-state index in [0.717, 1.165) is 56.3 Å². The van der Waals surface area contributed by atoms with Gasteiger partial charge in [0.25, 0.3) is 0 Å². The van der Waals surface area contributed by atoms with Gasteiger partial charge in [-0.1, -0.05) is 13.8 Å². The van der Waals surface area contributed by atoms with Crippen LogP contribution >= 0.6 is 11.3 Å². The van der Waals surface area contributed by atoms with Gasteiger partial charge >= 0.3 is 12.0 Å². The van der Waals surface area contributed by atoms with E-state index < -0.39 is 23.3 Å². The van der Waals surface area contributed by atoms with Crippen LogP contribution < -0.4 is 15.4 Å². The van der Waals surface area contributed by atoms with Crippen molar-refractivity contribution in [2.45, 2.75) is 89.9 Å². The molecule has 16 heteroatoms. The second kappa shape index (κ2) is 14.3. The van der Waals surface area contributed by atoms with Crippen LogP contribution in [0.2, 0.25) is 0 Å². The first kappa shape index (κ1) is 37.3.